The number of ether oxygens (including phenoxy) is 1. The number of nitrogens with zero attached hydrogens (tertiary/aromatic N) is 1. The van der Waals surface area contributed by atoms with E-state index in [0.717, 1.165) is 10.4 Å². The van der Waals surface area contributed by atoms with Gasteiger partial charge in [-0.1, -0.05) is 6.07 Å². The van der Waals surface area contributed by atoms with Gasteiger partial charge in [0.25, 0.3) is 11.7 Å². The van der Waals surface area contributed by atoms with Crippen molar-refractivity contribution in [2.24, 2.45) is 0 Å². The number of ketones is 1. The Morgan fingerprint density at radius 1 is 1.24 bits per heavy atom. The lowest BCUT2D eigenvalue weighted by Gasteiger charge is -2.22. The van der Waals surface area contributed by atoms with Crippen LogP contribution in [0, 0.1) is 6.92 Å². The second kappa shape index (κ2) is 7.60. The molecule has 1 amide bonds. The maximum atomic E-state index is 12.9. The summed E-state index contributed by atoms with van der Waals surface area (Å²) in [6.45, 7) is 2.06. The van der Waals surface area contributed by atoms with Crippen LogP contribution in [0.3, 0.4) is 0 Å². The molecule has 0 aliphatic carbocycles. The third-order valence-electron chi connectivity index (χ3n) is 4.95. The molecule has 1 fully saturated rings. The number of Topliss-reactive ketones (excluding diaryl/α,β-unsaturated/α-hetero) is 1. The Morgan fingerprint density at radius 3 is 2.69 bits per heavy atom. The van der Waals surface area contributed by atoms with Gasteiger partial charge in [0.15, 0.2) is 0 Å². The van der Waals surface area contributed by atoms with Gasteiger partial charge in [0.2, 0.25) is 0 Å². The Morgan fingerprint density at radius 2 is 2.07 bits per heavy atom. The zero-order valence-corrected chi connectivity index (χ0v) is 16.7. The zero-order chi connectivity index (χ0) is 20.5. The predicted molar refractivity (Wildman–Crippen MR) is 109 cm³/mol. The number of aliphatic hydroxyl groups excluding tert-OH is 1. The van der Waals surface area contributed by atoms with Gasteiger partial charge in [-0.3, -0.25) is 9.59 Å². The fourth-order valence-corrected chi connectivity index (χ4v) is 4.23. The first-order valence-electron chi connectivity index (χ1n) is 9.00. The molecule has 0 spiro atoms. The molecule has 3 heterocycles. The normalized spacial score (nSPS) is 18.4. The molecule has 0 bridgehead atoms. The highest BCUT2D eigenvalue weighted by Crippen LogP contribution is 2.41. The van der Waals surface area contributed by atoms with E-state index in [1.807, 2.05) is 17.5 Å². The number of hydrogen-bond donors (Lipinski definition) is 1. The van der Waals surface area contributed by atoms with Crippen molar-refractivity contribution in [1.82, 2.24) is 4.90 Å². The van der Waals surface area contributed by atoms with Crippen LogP contribution in [-0.2, 0) is 16.1 Å². The second-order valence-corrected chi connectivity index (χ2v) is 7.73. The molecule has 0 radical (unpaired) electrons. The Labute approximate surface area is 171 Å². The molecule has 4 rings (SSSR count). The molecular formula is C22H19NO5S. The number of carbonyl (C=O) groups is 2. The van der Waals surface area contributed by atoms with Gasteiger partial charge < -0.3 is 19.2 Å². The lowest BCUT2D eigenvalue weighted by molar-refractivity contribution is -0.140. The number of aliphatic hydroxyl groups is 1. The average molecular weight is 409 g/mol. The van der Waals surface area contributed by atoms with Crippen LogP contribution in [0.15, 0.2) is 64.1 Å². The first kappa shape index (κ1) is 19.0. The minimum absolute atomic E-state index is 0.0229. The summed E-state index contributed by atoms with van der Waals surface area (Å²) < 4.78 is 10.7. The van der Waals surface area contributed by atoms with Gasteiger partial charge in [-0.25, -0.2) is 0 Å². The number of methoxy groups -OCH3 is 1. The molecule has 7 heteroatoms. The van der Waals surface area contributed by atoms with Gasteiger partial charge in [0.05, 0.1) is 25.5 Å². The largest absolute Gasteiger partial charge is 0.507 e. The summed E-state index contributed by atoms with van der Waals surface area (Å²) in [5, 5.41) is 13.0. The van der Waals surface area contributed by atoms with Gasteiger partial charge >= 0.3 is 0 Å². The Balaban J connectivity index is 1.85. The standard InChI is InChI=1S/C22H19NO5S/c1-13-11-14(27-2)7-8-16(13)20(24)18-19(17-6-3-9-28-17)23(22(26)21(18)25)12-15-5-4-10-29-15/h3-11,19,24H,12H2,1-2H3/b20-18-. The van der Waals surface area contributed by atoms with Crippen molar-refractivity contribution < 1.29 is 23.8 Å². The molecule has 1 aliphatic heterocycles. The van der Waals surface area contributed by atoms with Gasteiger partial charge in [-0.15, -0.1) is 11.3 Å². The van der Waals surface area contributed by atoms with Crippen molar-refractivity contribution in [3.63, 3.8) is 0 Å². The van der Waals surface area contributed by atoms with Crippen LogP contribution in [-0.4, -0.2) is 28.8 Å². The molecular weight excluding hydrogens is 390 g/mol. The van der Waals surface area contributed by atoms with Crippen LogP contribution in [0.25, 0.3) is 5.76 Å². The van der Waals surface area contributed by atoms with E-state index in [1.165, 1.54) is 22.5 Å². The maximum absolute atomic E-state index is 12.9. The van der Waals surface area contributed by atoms with Crippen molar-refractivity contribution in [2.75, 3.05) is 7.11 Å². The second-order valence-electron chi connectivity index (χ2n) is 6.70. The molecule has 1 unspecified atom stereocenters. The van der Waals surface area contributed by atoms with Gasteiger partial charge in [-0.2, -0.15) is 0 Å². The van der Waals surface area contributed by atoms with Crippen LogP contribution in [0.4, 0.5) is 0 Å². The van der Waals surface area contributed by atoms with Gasteiger partial charge in [-0.05, 0) is 54.3 Å². The number of thiophene rings is 1. The first-order valence-corrected chi connectivity index (χ1v) is 9.88. The van der Waals surface area contributed by atoms with Gasteiger partial charge in [0, 0.05) is 10.4 Å². The maximum Gasteiger partial charge on any atom is 0.296 e. The number of hydrogen-bond acceptors (Lipinski definition) is 6. The SMILES string of the molecule is COc1ccc(/C(O)=C2/C(=O)C(=O)N(Cc3cccs3)C2c2ccco2)c(C)c1. The number of carbonyl (C=O) groups excluding carboxylic acids is 2. The molecule has 1 aromatic carbocycles. The van der Waals surface area contributed by atoms with Crippen LogP contribution in [0.5, 0.6) is 5.75 Å². The van der Waals surface area contributed by atoms with E-state index in [1.54, 1.807) is 44.4 Å². The highest BCUT2D eigenvalue weighted by atomic mass is 32.1. The van der Waals surface area contributed by atoms with Crippen molar-refractivity contribution in [3.05, 3.63) is 81.4 Å². The van der Waals surface area contributed by atoms with Crippen LogP contribution in [0.2, 0.25) is 0 Å². The average Bonchev–Trinajstić information content (AvgIpc) is 3.46. The summed E-state index contributed by atoms with van der Waals surface area (Å²) in [6, 6.07) is 11.5. The molecule has 0 saturated carbocycles. The summed E-state index contributed by atoms with van der Waals surface area (Å²) in [5.74, 6) is -0.546. The van der Waals surface area contributed by atoms with Crippen LogP contribution >= 0.6 is 11.3 Å². The van der Waals surface area contributed by atoms with Gasteiger partial charge in [0.1, 0.15) is 23.3 Å². The number of benzene rings is 1. The van der Waals surface area contributed by atoms with E-state index in [2.05, 4.69) is 0 Å². The topological polar surface area (TPSA) is 80.0 Å². The lowest BCUT2D eigenvalue weighted by atomic mass is 9.97. The number of likely N-dealkylation sites (tertiary alicyclic amines) is 1. The minimum atomic E-state index is -0.798. The monoisotopic (exact) mass is 409 g/mol. The van der Waals surface area contributed by atoms with Crippen molar-refractivity contribution in [2.45, 2.75) is 19.5 Å². The fraction of sp³-hybridized carbons (Fsp3) is 0.182. The highest BCUT2D eigenvalue weighted by Gasteiger charge is 2.47. The van der Waals surface area contributed by atoms with E-state index in [4.69, 9.17) is 9.15 Å². The summed E-state index contributed by atoms with van der Waals surface area (Å²) in [7, 11) is 1.56. The molecule has 1 aliphatic rings. The number of amides is 1. The predicted octanol–water partition coefficient (Wildman–Crippen LogP) is 4.28. The van der Waals surface area contributed by atoms with Crippen LogP contribution < -0.4 is 4.74 Å². The molecule has 1 N–H and O–H groups in total. The van der Waals surface area contributed by atoms with Crippen molar-refractivity contribution in [3.8, 4) is 5.75 Å². The summed E-state index contributed by atoms with van der Waals surface area (Å²) in [6.07, 6.45) is 1.49. The lowest BCUT2D eigenvalue weighted by Crippen LogP contribution is -2.28. The van der Waals surface area contributed by atoms with Crippen molar-refractivity contribution in [1.29, 1.82) is 0 Å². The molecule has 148 valence electrons. The molecule has 3 aromatic rings. The number of rotatable bonds is 5. The van der Waals surface area contributed by atoms with E-state index in [-0.39, 0.29) is 17.9 Å². The van der Waals surface area contributed by atoms with E-state index in [9.17, 15) is 14.7 Å². The third-order valence-corrected chi connectivity index (χ3v) is 5.81. The first-order chi connectivity index (χ1) is 14.0. The summed E-state index contributed by atoms with van der Waals surface area (Å²) in [5.41, 5.74) is 1.22. The summed E-state index contributed by atoms with van der Waals surface area (Å²) >= 11 is 1.50. The highest BCUT2D eigenvalue weighted by molar-refractivity contribution is 7.09. The molecule has 1 saturated heterocycles. The zero-order valence-electron chi connectivity index (χ0n) is 15.9. The van der Waals surface area contributed by atoms with E-state index < -0.39 is 17.7 Å². The van der Waals surface area contributed by atoms with E-state index >= 15 is 0 Å². The number of furan rings is 1. The molecule has 6 nitrogen and oxygen atoms in total. The Bertz CT molecular complexity index is 1080. The Kier molecular flexibility index (Phi) is 4.98. The summed E-state index contributed by atoms with van der Waals surface area (Å²) in [4.78, 5) is 28.1. The minimum Gasteiger partial charge on any atom is -0.507 e. The Hall–Kier alpha value is -3.32. The smallest absolute Gasteiger partial charge is 0.296 e. The molecule has 2 aromatic heterocycles. The van der Waals surface area contributed by atoms with Crippen molar-refractivity contribution >= 4 is 28.8 Å². The molecule has 1 atom stereocenters. The quantitative estimate of drug-likeness (QED) is 0.387. The fourth-order valence-electron chi connectivity index (χ4n) is 3.53. The third kappa shape index (κ3) is 3.34. The number of aryl methyl sites for hydroxylation is 1. The van der Waals surface area contributed by atoms with Crippen LogP contribution in [0.1, 0.15) is 27.8 Å². The van der Waals surface area contributed by atoms with E-state index in [0.29, 0.717) is 17.1 Å². The molecule has 29 heavy (non-hydrogen) atoms.